The third kappa shape index (κ3) is 3.96. The van der Waals surface area contributed by atoms with Gasteiger partial charge in [0.05, 0.1) is 0 Å². The predicted octanol–water partition coefficient (Wildman–Crippen LogP) is 35.6. The molecule has 0 atom stereocenters. The maximum Gasteiger partial charge on any atom is -0.000000000000647 e. The van der Waals surface area contributed by atoms with Crippen molar-refractivity contribution in [1.29, 1.82) is 0 Å². The number of hydrogen-bond donors (Lipinski definition) is 0. The van der Waals surface area contributed by atoms with Gasteiger partial charge in [-0.15, -0.1) is 0 Å². The second kappa shape index (κ2) is 14.2. The van der Waals surface area contributed by atoms with Crippen molar-refractivity contribution in [2.45, 2.75) is 0 Å². The Labute approximate surface area is 705 Å². The fourth-order valence-corrected chi connectivity index (χ4v) is 37.1. The number of benzene rings is 49. The summed E-state index contributed by atoms with van der Waals surface area (Å²) in [5.41, 5.74) is 0. The molecule has 128 heavy (non-hydrogen) atoms. The molecular weight excluding hydrogens is 1540 g/mol. The normalized spacial score (nSPS) is 15.6. The zero-order valence-electron chi connectivity index (χ0n) is 66.6. The van der Waals surface area contributed by atoms with Crippen molar-refractivity contribution >= 4 is 530 Å². The van der Waals surface area contributed by atoms with Gasteiger partial charge < -0.3 is 0 Å². The van der Waals surface area contributed by atoms with E-state index in [4.69, 9.17) is 13.2 Å². The van der Waals surface area contributed by atoms with E-state index in [0.29, 0.717) is 0 Å². The van der Waals surface area contributed by atoms with Crippen LogP contribution in [-0.2, 0) is 0 Å². The first-order valence-electron chi connectivity index (χ1n) is 46.4. The summed E-state index contributed by atoms with van der Waals surface area (Å²) >= 11 is 0. The first kappa shape index (κ1) is 53.4. The molecule has 0 saturated heterocycles. The molecule has 0 aliphatic carbocycles. The Morgan fingerprint density at radius 2 is 0.141 bits per heavy atom. The molecule has 0 heteroatoms. The summed E-state index contributed by atoms with van der Waals surface area (Å²) in [6.07, 6.45) is 0. The third-order valence-electron chi connectivity index (χ3n) is 39.4. The van der Waals surface area contributed by atoms with Crippen molar-refractivity contribution in [2.24, 2.45) is 0 Å². The molecule has 0 aliphatic rings. The highest BCUT2D eigenvalue weighted by Crippen LogP contribution is 2.77. The average Bonchev–Trinajstić information content (AvgIpc) is 0.600. The van der Waals surface area contributed by atoms with Gasteiger partial charge in [-0.25, -0.2) is 0 Å². The van der Waals surface area contributed by atoms with Gasteiger partial charge in [0.1, 0.15) is 0 Å². The lowest BCUT2D eigenvalue weighted by atomic mass is 9.63. The van der Waals surface area contributed by atoms with E-state index in [0.717, 1.165) is 10.4 Å². The second-order valence-corrected chi connectivity index (χ2v) is 43.2. The van der Waals surface area contributed by atoms with E-state index in [-0.39, 0.29) is 0 Å². The zero-order chi connectivity index (χ0) is 78.4. The molecule has 0 saturated carbocycles. The maximum absolute atomic E-state index is 4.75. The molecule has 0 radical (unpaired) electrons. The molecule has 49 aromatic rings. The van der Waals surface area contributed by atoms with Gasteiger partial charge in [0.2, 0.25) is 0 Å². The molecule has 0 spiro atoms. The highest BCUT2D eigenvalue weighted by Gasteiger charge is 2.48. The van der Waals surface area contributed by atoms with E-state index in [9.17, 15) is 0 Å². The van der Waals surface area contributed by atoms with Gasteiger partial charge in [-0.1, -0.05) is 37.4 Å². The van der Waals surface area contributed by atoms with E-state index in [2.05, 4.69) is 170 Å². The Bertz CT molecular complexity index is 13000. The molecule has 0 N–H and O–H groups in total. The van der Waals surface area contributed by atoms with Crippen LogP contribution < -0.4 is 10.4 Å². The molecule has 0 aromatic heterocycles. The van der Waals surface area contributed by atoms with Crippen molar-refractivity contribution in [3.63, 3.8) is 0 Å². The van der Waals surface area contributed by atoms with Crippen LogP contribution in [0.1, 0.15) is 0 Å². The van der Waals surface area contributed by atoms with E-state index in [1.165, 1.54) is 474 Å². The standard InChI is InChI=1S/C128H32/c1-31-7-37-15-45-23-53-27-49-19-41-11-33-3-5-35-13-43-21-51-29-55-25-47-17-39-9-32(2)10-40-18-48-26-56-30-52-22-44-14-36-6-4-34-12-42-20-50-28-54-24-46-16-38(8-31)57(37)79-63(45)85-71(53)93-75(49)89-67(41)81-59(33)61(35)83-69(43)91-77(51)95-73(55)87-65(47)80(58(39)40)66(48)88-74(56)96-78(52)92-70(44)84-62(36)60(34)82-68(42)90-76(50)94-72(54)86(64(46)79)97(85)111-103(93)117-107(89)113-99(81)101(83)115-109(91)119-105(95)112(98(87)88)106(96)120-110(92)116-102(84)100(82)114-108(90)118(104(94)111)121(117)127-123(113)125(115)128(122(119)120)126(116)124(114)127/h3-30H,1-2H2. The summed E-state index contributed by atoms with van der Waals surface area (Å²) in [7, 11) is 0. The van der Waals surface area contributed by atoms with Crippen LogP contribution in [0.4, 0.5) is 0 Å². The molecule has 0 aliphatic heterocycles. The molecule has 0 fully saturated rings. The SMILES string of the molecule is C=c1cc2cc3cc4cc5cc6cc7ccc8cc9cc%10cc%11cc%12cc%13cc(=C)cc%14cc%15cc%16cc%17cc%18cc%19ccc%20cc%21cc%22cc%23cc%24cc(c1)c2c1c3c2c4c3c5c4c6c5c7c8c6c9c7c%10c8c%11c9c%12c(c%13%14)c%15c%10c%16c%11c%17c%12c%18c%13c%19c%20c%14c%21c%15c%22c%16c%23c(c%241)c2c1c3c2c4c3c5c6c4c7c5c8c(c9%10)c%11c6c%12c7c%13c%14c8c%15c(c%161)c2c1c3c4c(c56)c7c81. The van der Waals surface area contributed by atoms with Crippen molar-refractivity contribution in [3.05, 3.63) is 180 Å². The Kier molecular flexibility index (Phi) is 5.91. The summed E-state index contributed by atoms with van der Waals surface area (Å²) in [6, 6.07) is 73.3. The molecule has 544 valence electrons. The minimum atomic E-state index is 1.07. The van der Waals surface area contributed by atoms with Crippen LogP contribution in [0.2, 0.25) is 0 Å². The summed E-state index contributed by atoms with van der Waals surface area (Å²) in [4.78, 5) is 0. The summed E-state index contributed by atoms with van der Waals surface area (Å²) in [5.74, 6) is 0. The monoisotopic (exact) mass is 1570 g/mol. The molecule has 0 heterocycles. The molecule has 0 amide bonds. The molecule has 0 nitrogen and oxygen atoms in total. The lowest BCUT2D eigenvalue weighted by Gasteiger charge is -2.38. The molecule has 0 bridgehead atoms. The highest BCUT2D eigenvalue weighted by molar-refractivity contribution is 6.80. The van der Waals surface area contributed by atoms with E-state index >= 15 is 0 Å². The quantitative estimate of drug-likeness (QED) is 0.105. The zero-order valence-corrected chi connectivity index (χ0v) is 66.6. The first-order valence-corrected chi connectivity index (χ1v) is 46.4. The van der Waals surface area contributed by atoms with Crippen LogP contribution >= 0.6 is 0 Å². The highest BCUT2D eigenvalue weighted by atomic mass is 14.5. The Morgan fingerprint density at radius 1 is 0.0703 bits per heavy atom. The van der Waals surface area contributed by atoms with Crippen molar-refractivity contribution in [1.82, 2.24) is 0 Å². The van der Waals surface area contributed by atoms with Gasteiger partial charge in [-0.2, -0.15) is 0 Å². The van der Waals surface area contributed by atoms with Crippen molar-refractivity contribution < 1.29 is 0 Å². The fraction of sp³-hybridized carbons (Fsp3) is 0. The summed E-state index contributed by atoms with van der Waals surface area (Å²) in [5, 5.41) is 142. The second-order valence-electron chi connectivity index (χ2n) is 43.2. The minimum Gasteiger partial charge on any atom is -0.0917 e. The molecule has 49 rings (SSSR count). The summed E-state index contributed by atoms with van der Waals surface area (Å²) < 4.78 is 0. The van der Waals surface area contributed by atoms with Crippen LogP contribution in [0.15, 0.2) is 170 Å². The van der Waals surface area contributed by atoms with Gasteiger partial charge in [0.25, 0.3) is 0 Å². The third-order valence-corrected chi connectivity index (χ3v) is 39.4. The average molecular weight is 1570 g/mol. The number of rotatable bonds is 0. The predicted molar refractivity (Wildman–Crippen MR) is 560 cm³/mol. The van der Waals surface area contributed by atoms with Crippen LogP contribution in [0.5, 0.6) is 0 Å². The molecule has 49 aromatic carbocycles. The maximum atomic E-state index is 4.75. The van der Waals surface area contributed by atoms with E-state index in [1.807, 2.05) is 0 Å². The Morgan fingerprint density at radius 3 is 0.250 bits per heavy atom. The molecule has 0 unspecified atom stereocenters. The van der Waals surface area contributed by atoms with Crippen LogP contribution in [0.25, 0.3) is 530 Å². The van der Waals surface area contributed by atoms with E-state index in [1.54, 1.807) is 43.1 Å². The summed E-state index contributed by atoms with van der Waals surface area (Å²) in [6.45, 7) is 9.50. The molecular formula is C128H32. The van der Waals surface area contributed by atoms with E-state index < -0.39 is 0 Å². The minimum absolute atomic E-state index is 1.07. The Hall–Kier alpha value is -16.6. The number of hydrogen-bond acceptors (Lipinski definition) is 0. The van der Waals surface area contributed by atoms with Gasteiger partial charge in [0.15, 0.2) is 0 Å². The first-order chi connectivity index (χ1) is 63.4. The van der Waals surface area contributed by atoms with Crippen LogP contribution in [0, 0.1) is 0 Å². The Balaban J connectivity index is 0.848. The lowest BCUT2D eigenvalue weighted by Crippen LogP contribution is -2.09. The van der Waals surface area contributed by atoms with Crippen molar-refractivity contribution in [2.75, 3.05) is 0 Å². The van der Waals surface area contributed by atoms with Crippen molar-refractivity contribution in [3.8, 4) is 0 Å². The van der Waals surface area contributed by atoms with Gasteiger partial charge in [-0.05, 0) is 673 Å². The smallest absolute Gasteiger partial charge is 0.000000000000647 e. The van der Waals surface area contributed by atoms with Gasteiger partial charge in [-0.3, -0.25) is 0 Å². The topological polar surface area (TPSA) is 0 Å². The largest absolute Gasteiger partial charge is 0.0917 e. The van der Waals surface area contributed by atoms with Gasteiger partial charge >= 0.3 is 0 Å². The van der Waals surface area contributed by atoms with Crippen LogP contribution in [0.3, 0.4) is 0 Å². The lowest BCUT2D eigenvalue weighted by molar-refractivity contribution is 1.75. The van der Waals surface area contributed by atoms with Gasteiger partial charge in [0, 0.05) is 0 Å². The fourth-order valence-electron chi connectivity index (χ4n) is 37.1. The van der Waals surface area contributed by atoms with Crippen LogP contribution in [-0.4, -0.2) is 0 Å².